The zero-order chi connectivity index (χ0) is 29.0. The highest BCUT2D eigenvalue weighted by Gasteiger charge is 2.51. The second-order valence-electron chi connectivity index (χ2n) is 10.4. The molecule has 0 atom stereocenters. The normalized spacial score (nSPS) is 15.6. The highest BCUT2D eigenvalue weighted by Crippen LogP contribution is 2.28. The smallest absolute Gasteiger partial charge is 0.300 e. The quantitative estimate of drug-likeness (QED) is 0.192. The topological polar surface area (TPSA) is 149 Å². The summed E-state index contributed by atoms with van der Waals surface area (Å²) >= 11 is 0. The third-order valence-electron chi connectivity index (χ3n) is 6.82. The van der Waals surface area contributed by atoms with Crippen LogP contribution in [0.3, 0.4) is 0 Å². The molecule has 0 amide bonds. The summed E-state index contributed by atoms with van der Waals surface area (Å²) in [5, 5.41) is 61.1. The fraction of sp³-hybridized carbons (Fsp3) is 0.500. The molecule has 0 bridgehead atoms. The van der Waals surface area contributed by atoms with Gasteiger partial charge in [0.05, 0.1) is 11.9 Å². The average molecular weight is 550 g/mol. The van der Waals surface area contributed by atoms with Crippen molar-refractivity contribution in [2.75, 3.05) is 13.1 Å². The van der Waals surface area contributed by atoms with E-state index in [0.717, 1.165) is 22.4 Å². The van der Waals surface area contributed by atoms with Gasteiger partial charge in [0.1, 0.15) is 11.6 Å². The van der Waals surface area contributed by atoms with Crippen LogP contribution in [0.2, 0.25) is 0 Å². The van der Waals surface area contributed by atoms with Crippen LogP contribution in [0.15, 0.2) is 54.9 Å². The Kier molecular flexibility index (Phi) is 9.94. The van der Waals surface area contributed by atoms with E-state index < -0.39 is 18.0 Å². The fourth-order valence-electron chi connectivity index (χ4n) is 4.93. The van der Waals surface area contributed by atoms with Crippen molar-refractivity contribution in [1.29, 1.82) is 0 Å². The van der Waals surface area contributed by atoms with Gasteiger partial charge >= 0.3 is 0 Å². The first-order valence-electron chi connectivity index (χ1n) is 12.9. The van der Waals surface area contributed by atoms with Crippen molar-refractivity contribution in [1.82, 2.24) is 15.1 Å². The number of benzene rings is 2. The highest BCUT2D eigenvalue weighted by atomic mass is 19.1. The molecule has 10 nitrogen and oxygen atoms in total. The average Bonchev–Trinajstić information content (AvgIpc) is 2.81. The number of likely N-dealkylation sites (tertiary alicyclic amines) is 1. The molecule has 0 unspecified atom stereocenters. The summed E-state index contributed by atoms with van der Waals surface area (Å²) in [5.41, 5.74) is 2.69. The number of hydrogen-bond donors (Lipinski definition) is 7. The van der Waals surface area contributed by atoms with Crippen LogP contribution in [0.25, 0.3) is 0 Å². The maximum atomic E-state index is 13.7. The third kappa shape index (κ3) is 8.61. The van der Waals surface area contributed by atoms with Crippen LogP contribution in [0.5, 0.6) is 5.75 Å². The van der Waals surface area contributed by atoms with Gasteiger partial charge in [-0.15, -0.1) is 0 Å². The maximum Gasteiger partial charge on any atom is 0.300 e. The molecule has 0 saturated carbocycles. The molecule has 1 saturated heterocycles. The Hall–Kier alpha value is -2.77. The number of aryl methyl sites for hydroxylation is 1. The van der Waals surface area contributed by atoms with Gasteiger partial charge in [0, 0.05) is 32.2 Å². The first-order valence-corrected chi connectivity index (χ1v) is 12.9. The predicted octanol–water partition coefficient (Wildman–Crippen LogP) is 1.08. The Labute approximate surface area is 228 Å². The van der Waals surface area contributed by atoms with Gasteiger partial charge in [-0.3, -0.25) is 4.90 Å². The molecule has 0 aromatic heterocycles. The predicted molar refractivity (Wildman–Crippen MR) is 142 cm³/mol. The molecule has 7 N–H and O–H groups in total. The van der Waals surface area contributed by atoms with Gasteiger partial charge in [0.25, 0.3) is 11.9 Å². The van der Waals surface area contributed by atoms with E-state index in [1.54, 1.807) is 6.07 Å². The number of rotatable bonds is 12. The standard InChI is InChI=1S/C28H40FN3O7/c1-18(2)39-25-9-5-21(6-10-25)16-30-20(4)32(17-22-7-8-23(29)15-19(22)3)24-11-13-31(14-12-24)26(27(33,34)35)28(36,37)38/h5-10,15,18,24,26,30,33-38H,4,11-14,16-17H2,1-3H3. The lowest BCUT2D eigenvalue weighted by Gasteiger charge is -2.46. The number of nitrogens with zero attached hydrogens (tertiary/aromatic N) is 2. The Morgan fingerprint density at radius 3 is 2.15 bits per heavy atom. The molecule has 0 radical (unpaired) electrons. The van der Waals surface area contributed by atoms with E-state index in [-0.39, 0.29) is 31.1 Å². The minimum absolute atomic E-state index is 0.0750. The summed E-state index contributed by atoms with van der Waals surface area (Å²) in [7, 11) is 0. The van der Waals surface area contributed by atoms with Gasteiger partial charge in [0.2, 0.25) is 0 Å². The van der Waals surface area contributed by atoms with Gasteiger partial charge < -0.3 is 45.6 Å². The lowest BCUT2D eigenvalue weighted by molar-refractivity contribution is -0.436. The molecule has 2 aromatic carbocycles. The zero-order valence-corrected chi connectivity index (χ0v) is 22.6. The second kappa shape index (κ2) is 12.6. The van der Waals surface area contributed by atoms with Crippen LogP contribution in [-0.2, 0) is 13.1 Å². The fourth-order valence-corrected chi connectivity index (χ4v) is 4.93. The van der Waals surface area contributed by atoms with Gasteiger partial charge in [-0.1, -0.05) is 24.8 Å². The minimum Gasteiger partial charge on any atom is -0.491 e. The minimum atomic E-state index is -3.54. The maximum absolute atomic E-state index is 13.7. The van der Waals surface area contributed by atoms with Crippen molar-refractivity contribution >= 4 is 0 Å². The van der Waals surface area contributed by atoms with E-state index in [0.29, 0.717) is 31.8 Å². The summed E-state index contributed by atoms with van der Waals surface area (Å²) < 4.78 is 19.4. The molecule has 1 aliphatic heterocycles. The van der Waals surface area contributed by atoms with Crippen LogP contribution >= 0.6 is 0 Å². The molecule has 216 valence electrons. The summed E-state index contributed by atoms with van der Waals surface area (Å²) in [6.45, 7) is 11.1. The van der Waals surface area contributed by atoms with E-state index in [9.17, 15) is 35.0 Å². The molecule has 3 rings (SSSR count). The Morgan fingerprint density at radius 1 is 1.05 bits per heavy atom. The molecule has 0 spiro atoms. The molecule has 1 aliphatic rings. The highest BCUT2D eigenvalue weighted by molar-refractivity contribution is 5.29. The van der Waals surface area contributed by atoms with Crippen LogP contribution in [0.1, 0.15) is 43.4 Å². The van der Waals surface area contributed by atoms with Crippen LogP contribution in [-0.4, -0.2) is 83.7 Å². The number of nitrogens with one attached hydrogen (secondary N) is 1. The number of ether oxygens (including phenoxy) is 1. The lowest BCUT2D eigenvalue weighted by Crippen LogP contribution is -2.66. The molecule has 2 aromatic rings. The van der Waals surface area contributed by atoms with Crippen molar-refractivity contribution < 1.29 is 39.8 Å². The van der Waals surface area contributed by atoms with E-state index >= 15 is 0 Å². The van der Waals surface area contributed by atoms with Crippen LogP contribution in [0, 0.1) is 12.7 Å². The molecule has 1 heterocycles. The van der Waals surface area contributed by atoms with Crippen molar-refractivity contribution in [2.24, 2.45) is 0 Å². The van der Waals surface area contributed by atoms with Gasteiger partial charge in [-0.25, -0.2) is 4.39 Å². The van der Waals surface area contributed by atoms with Crippen molar-refractivity contribution in [3.63, 3.8) is 0 Å². The van der Waals surface area contributed by atoms with E-state index in [1.807, 2.05) is 49.9 Å². The SMILES string of the molecule is C=C(NCc1ccc(OC(C)C)cc1)N(Cc1ccc(F)cc1C)C1CCN(C(C(O)(O)O)C(O)(O)O)CC1. The summed E-state index contributed by atoms with van der Waals surface area (Å²) in [6, 6.07) is 10.0. The number of piperidine rings is 1. The Morgan fingerprint density at radius 2 is 1.64 bits per heavy atom. The molecule has 11 heteroatoms. The van der Waals surface area contributed by atoms with E-state index in [4.69, 9.17) is 4.74 Å². The second-order valence-corrected chi connectivity index (χ2v) is 10.4. The summed E-state index contributed by atoms with van der Waals surface area (Å²) in [5.74, 6) is -6.02. The van der Waals surface area contributed by atoms with Crippen molar-refractivity contribution in [2.45, 2.75) is 76.8 Å². The van der Waals surface area contributed by atoms with Crippen LogP contribution < -0.4 is 10.1 Å². The monoisotopic (exact) mass is 549 g/mol. The molecule has 1 fully saturated rings. The Bertz CT molecular complexity index is 1080. The van der Waals surface area contributed by atoms with Gasteiger partial charge in [0.15, 0.2) is 6.04 Å². The largest absolute Gasteiger partial charge is 0.491 e. The van der Waals surface area contributed by atoms with E-state index in [1.165, 1.54) is 17.0 Å². The van der Waals surface area contributed by atoms with Crippen molar-refractivity contribution in [3.05, 3.63) is 77.4 Å². The van der Waals surface area contributed by atoms with E-state index in [2.05, 4.69) is 11.9 Å². The summed E-state index contributed by atoms with van der Waals surface area (Å²) in [6.07, 6.45) is 0.890. The first-order chi connectivity index (χ1) is 18.1. The van der Waals surface area contributed by atoms with Gasteiger partial charge in [-0.2, -0.15) is 0 Å². The van der Waals surface area contributed by atoms with Crippen LogP contribution in [0.4, 0.5) is 4.39 Å². The third-order valence-corrected chi connectivity index (χ3v) is 6.82. The molecular weight excluding hydrogens is 509 g/mol. The molecular formula is C28H40FN3O7. The lowest BCUT2D eigenvalue weighted by atomic mass is 9.98. The summed E-state index contributed by atoms with van der Waals surface area (Å²) in [4.78, 5) is 3.24. The molecule has 39 heavy (non-hydrogen) atoms. The van der Waals surface area contributed by atoms with Gasteiger partial charge in [-0.05, 0) is 74.6 Å². The number of aliphatic hydroxyl groups is 6. The Balaban J connectivity index is 1.74. The number of halogens is 1. The molecule has 0 aliphatic carbocycles. The zero-order valence-electron chi connectivity index (χ0n) is 22.6. The first kappa shape index (κ1) is 30.8. The van der Waals surface area contributed by atoms with Crippen molar-refractivity contribution in [3.8, 4) is 5.75 Å². The number of hydrogen-bond acceptors (Lipinski definition) is 10.